The average molecular weight is 372 g/mol. The van der Waals surface area contributed by atoms with Crippen molar-refractivity contribution in [1.29, 1.82) is 0 Å². The third-order valence-electron chi connectivity index (χ3n) is 5.41. The van der Waals surface area contributed by atoms with Gasteiger partial charge in [0.1, 0.15) is 0 Å². The minimum atomic E-state index is 0.0479. The van der Waals surface area contributed by atoms with Gasteiger partial charge in [-0.1, -0.05) is 17.7 Å². The van der Waals surface area contributed by atoms with Crippen LogP contribution in [-0.2, 0) is 11.2 Å². The molecule has 1 saturated heterocycles. The Kier molecular flexibility index (Phi) is 6.98. The highest BCUT2D eigenvalue weighted by molar-refractivity contribution is 5.75. The Morgan fingerprint density at radius 3 is 2.85 bits per heavy atom. The molecule has 2 atom stereocenters. The fourth-order valence-electron chi connectivity index (χ4n) is 3.64. The molecule has 1 aromatic heterocycles. The van der Waals surface area contributed by atoms with Crippen molar-refractivity contribution in [2.45, 2.75) is 58.4 Å². The highest BCUT2D eigenvalue weighted by Crippen LogP contribution is 2.18. The number of nitrogens with zero attached hydrogens (tertiary/aromatic N) is 2. The fraction of sp³-hybridized carbons (Fsp3) is 0.571. The lowest BCUT2D eigenvalue weighted by Gasteiger charge is -2.30. The number of nitrogens with one attached hydrogen (secondary N) is 2. The van der Waals surface area contributed by atoms with Gasteiger partial charge in [0.25, 0.3) is 0 Å². The first-order chi connectivity index (χ1) is 13.1. The van der Waals surface area contributed by atoms with E-state index in [2.05, 4.69) is 22.4 Å². The second-order valence-corrected chi connectivity index (χ2v) is 7.63. The van der Waals surface area contributed by atoms with Gasteiger partial charge in [-0.3, -0.25) is 4.79 Å². The van der Waals surface area contributed by atoms with E-state index >= 15 is 0 Å². The number of piperidine rings is 1. The number of hydrogen-bond donors (Lipinski definition) is 2. The molecule has 146 valence electrons. The summed E-state index contributed by atoms with van der Waals surface area (Å²) in [6.07, 6.45) is 5.91. The molecule has 1 aliphatic heterocycles. The number of carbonyl (C=O) groups excluding carboxylic acids is 1. The van der Waals surface area contributed by atoms with Crippen LogP contribution in [0.15, 0.2) is 28.7 Å². The first kappa shape index (κ1) is 19.5. The van der Waals surface area contributed by atoms with Crippen molar-refractivity contribution in [2.24, 2.45) is 0 Å². The van der Waals surface area contributed by atoms with Gasteiger partial charge in [-0.2, -0.15) is 0 Å². The first-order valence-electron chi connectivity index (χ1n) is 10.1. The summed E-state index contributed by atoms with van der Waals surface area (Å²) in [5.41, 5.74) is 2.09. The molecule has 3 rings (SSSR count). The Balaban J connectivity index is 1.35. The molecule has 6 nitrogen and oxygen atoms in total. The summed E-state index contributed by atoms with van der Waals surface area (Å²) in [6, 6.07) is 8.71. The van der Waals surface area contributed by atoms with Crippen molar-refractivity contribution in [2.75, 3.05) is 19.6 Å². The quantitative estimate of drug-likeness (QED) is 0.696. The summed E-state index contributed by atoms with van der Waals surface area (Å²) in [5, 5.41) is 11.1. The van der Waals surface area contributed by atoms with E-state index in [0.717, 1.165) is 31.1 Å². The number of benzene rings is 1. The van der Waals surface area contributed by atoms with Crippen LogP contribution in [0.1, 0.15) is 50.5 Å². The predicted octanol–water partition coefficient (Wildman–Crippen LogP) is 1.94. The second-order valence-electron chi connectivity index (χ2n) is 7.63. The summed E-state index contributed by atoms with van der Waals surface area (Å²) >= 11 is 0. The van der Waals surface area contributed by atoms with Crippen LogP contribution >= 0.6 is 0 Å². The molecule has 0 spiro atoms. The largest absolute Gasteiger partial charge is 0.421 e. The van der Waals surface area contributed by atoms with E-state index in [1.807, 2.05) is 31.2 Å². The van der Waals surface area contributed by atoms with Crippen LogP contribution in [0.5, 0.6) is 0 Å². The number of likely N-dealkylation sites (tertiary alicyclic amines) is 1. The van der Waals surface area contributed by atoms with Gasteiger partial charge in [0, 0.05) is 31.4 Å². The van der Waals surface area contributed by atoms with Crippen LogP contribution < -0.4 is 10.2 Å². The maximum absolute atomic E-state index is 12.0. The lowest BCUT2D eigenvalue weighted by atomic mass is 10.0. The summed E-state index contributed by atoms with van der Waals surface area (Å²) < 4.78 is 5.67. The van der Waals surface area contributed by atoms with Crippen LogP contribution in [0.3, 0.4) is 0 Å². The Morgan fingerprint density at radius 2 is 2.07 bits per heavy atom. The van der Waals surface area contributed by atoms with Gasteiger partial charge in [-0.15, -0.1) is 10.2 Å². The van der Waals surface area contributed by atoms with Crippen molar-refractivity contribution in [3.8, 4) is 11.5 Å². The third kappa shape index (κ3) is 5.89. The number of carbonyl (C=O) groups is 1. The normalized spacial score (nSPS) is 19.8. The van der Waals surface area contributed by atoms with Crippen LogP contribution in [0, 0.1) is 6.92 Å². The predicted molar refractivity (Wildman–Crippen MR) is 104 cm³/mol. The SMILES string of the molecule is Cc1ccc(-c2nnc(CCC(=O)NCCC[NH+]3CCCC[C@@H]3C)o2)cc1. The molecule has 1 amide bonds. The molecular weight excluding hydrogens is 340 g/mol. The van der Waals surface area contributed by atoms with Gasteiger partial charge in [0.2, 0.25) is 17.7 Å². The lowest BCUT2D eigenvalue weighted by Crippen LogP contribution is -3.16. The minimum Gasteiger partial charge on any atom is -0.421 e. The van der Waals surface area contributed by atoms with Gasteiger partial charge in [0.15, 0.2) is 0 Å². The molecule has 0 aliphatic carbocycles. The first-order valence-corrected chi connectivity index (χ1v) is 10.1. The number of aromatic nitrogens is 2. The summed E-state index contributed by atoms with van der Waals surface area (Å²) in [7, 11) is 0. The van der Waals surface area contributed by atoms with Gasteiger partial charge in [0.05, 0.1) is 19.1 Å². The molecule has 1 unspecified atom stereocenters. The van der Waals surface area contributed by atoms with Crippen molar-refractivity contribution in [3.63, 3.8) is 0 Å². The molecule has 0 saturated carbocycles. The molecule has 6 heteroatoms. The van der Waals surface area contributed by atoms with Gasteiger partial charge >= 0.3 is 0 Å². The molecule has 1 aliphatic rings. The standard InChI is InChI=1S/C21H30N4O2/c1-16-7-9-18(10-8-16)21-24-23-20(27-21)12-11-19(26)22-13-5-15-25-14-4-3-6-17(25)2/h7-10,17H,3-6,11-15H2,1-2H3,(H,22,26)/p+1/t17-/m0/s1. The van der Waals surface area contributed by atoms with E-state index in [-0.39, 0.29) is 5.91 Å². The number of aryl methyl sites for hydroxylation is 2. The molecule has 2 aromatic rings. The summed E-state index contributed by atoms with van der Waals surface area (Å²) in [6.45, 7) is 7.53. The molecular formula is C21H31N4O2+. The molecule has 2 heterocycles. The maximum atomic E-state index is 12.0. The Hall–Kier alpha value is -2.21. The Morgan fingerprint density at radius 1 is 1.26 bits per heavy atom. The summed E-state index contributed by atoms with van der Waals surface area (Å²) in [4.78, 5) is 13.7. The van der Waals surface area contributed by atoms with E-state index in [4.69, 9.17) is 4.42 Å². The molecule has 27 heavy (non-hydrogen) atoms. The van der Waals surface area contributed by atoms with Gasteiger partial charge in [-0.05, 0) is 45.2 Å². The number of rotatable bonds is 8. The van der Waals surface area contributed by atoms with E-state index in [1.165, 1.54) is 31.4 Å². The van der Waals surface area contributed by atoms with E-state index in [0.29, 0.717) is 24.6 Å². The maximum Gasteiger partial charge on any atom is 0.247 e. The van der Waals surface area contributed by atoms with Crippen LogP contribution in [0.4, 0.5) is 0 Å². The molecule has 0 radical (unpaired) electrons. The molecule has 1 fully saturated rings. The number of quaternary nitrogens is 1. The highest BCUT2D eigenvalue weighted by atomic mass is 16.4. The second kappa shape index (κ2) is 9.65. The van der Waals surface area contributed by atoms with E-state index in [9.17, 15) is 4.79 Å². The van der Waals surface area contributed by atoms with Crippen LogP contribution in [0.25, 0.3) is 11.5 Å². The fourth-order valence-corrected chi connectivity index (χ4v) is 3.64. The smallest absolute Gasteiger partial charge is 0.247 e. The Bertz CT molecular complexity index is 726. The van der Waals surface area contributed by atoms with Crippen molar-refractivity contribution < 1.29 is 14.1 Å². The van der Waals surface area contributed by atoms with Crippen molar-refractivity contribution in [3.05, 3.63) is 35.7 Å². The number of hydrogen-bond acceptors (Lipinski definition) is 4. The van der Waals surface area contributed by atoms with E-state index in [1.54, 1.807) is 4.90 Å². The highest BCUT2D eigenvalue weighted by Gasteiger charge is 2.20. The lowest BCUT2D eigenvalue weighted by molar-refractivity contribution is -0.928. The van der Waals surface area contributed by atoms with Crippen molar-refractivity contribution in [1.82, 2.24) is 15.5 Å². The van der Waals surface area contributed by atoms with Crippen LogP contribution in [0.2, 0.25) is 0 Å². The molecule has 1 aromatic carbocycles. The zero-order valence-electron chi connectivity index (χ0n) is 16.5. The zero-order valence-corrected chi connectivity index (χ0v) is 16.5. The zero-order chi connectivity index (χ0) is 19.1. The van der Waals surface area contributed by atoms with Gasteiger partial charge in [-0.25, -0.2) is 0 Å². The minimum absolute atomic E-state index is 0.0479. The molecule has 0 bridgehead atoms. The monoisotopic (exact) mass is 371 g/mol. The topological polar surface area (TPSA) is 72.5 Å². The van der Waals surface area contributed by atoms with Crippen molar-refractivity contribution >= 4 is 5.91 Å². The van der Waals surface area contributed by atoms with Crippen LogP contribution in [-0.4, -0.2) is 41.8 Å². The Labute approximate surface area is 161 Å². The third-order valence-corrected chi connectivity index (χ3v) is 5.41. The number of amides is 1. The average Bonchev–Trinajstić information content (AvgIpc) is 3.14. The molecule has 2 N–H and O–H groups in total. The summed E-state index contributed by atoms with van der Waals surface area (Å²) in [5.74, 6) is 1.06. The van der Waals surface area contributed by atoms with E-state index < -0.39 is 0 Å². The van der Waals surface area contributed by atoms with Gasteiger partial charge < -0.3 is 14.6 Å².